The average molecular weight is 272 g/mol. The normalized spacial score (nSPS) is 12.6. The van der Waals surface area contributed by atoms with Crippen molar-refractivity contribution in [1.29, 1.82) is 0 Å². The molecule has 0 aromatic carbocycles. The summed E-state index contributed by atoms with van der Waals surface area (Å²) in [5, 5.41) is 0. The molecule has 0 aromatic rings. The van der Waals surface area contributed by atoms with Gasteiger partial charge in [0.05, 0.1) is 19.6 Å². The molecule has 19 heavy (non-hydrogen) atoms. The SMILES string of the molecule is COC(=O)CCN(CC(C)C)C(=O)C(N)CC(C)C. The van der Waals surface area contributed by atoms with Gasteiger partial charge in [-0.3, -0.25) is 9.59 Å². The molecule has 1 atom stereocenters. The first-order valence-electron chi connectivity index (χ1n) is 6.89. The number of carbonyl (C=O) groups is 2. The first kappa shape index (κ1) is 17.9. The van der Waals surface area contributed by atoms with E-state index in [2.05, 4.69) is 4.74 Å². The largest absolute Gasteiger partial charge is 0.469 e. The molecule has 1 amide bonds. The van der Waals surface area contributed by atoms with Crippen molar-refractivity contribution in [2.24, 2.45) is 17.6 Å². The fourth-order valence-electron chi connectivity index (χ4n) is 1.90. The van der Waals surface area contributed by atoms with Crippen LogP contribution in [0.5, 0.6) is 0 Å². The highest BCUT2D eigenvalue weighted by molar-refractivity contribution is 5.82. The van der Waals surface area contributed by atoms with Gasteiger partial charge >= 0.3 is 5.97 Å². The Balaban J connectivity index is 4.54. The van der Waals surface area contributed by atoms with Gasteiger partial charge in [-0.1, -0.05) is 27.7 Å². The van der Waals surface area contributed by atoms with E-state index in [4.69, 9.17) is 5.73 Å². The summed E-state index contributed by atoms with van der Waals surface area (Å²) in [5.41, 5.74) is 5.93. The monoisotopic (exact) mass is 272 g/mol. The number of esters is 1. The number of hydrogen-bond donors (Lipinski definition) is 1. The number of carbonyl (C=O) groups excluding carboxylic acids is 2. The van der Waals surface area contributed by atoms with Crippen molar-refractivity contribution < 1.29 is 14.3 Å². The van der Waals surface area contributed by atoms with Crippen molar-refractivity contribution in [3.8, 4) is 0 Å². The van der Waals surface area contributed by atoms with E-state index in [-0.39, 0.29) is 18.3 Å². The zero-order valence-electron chi connectivity index (χ0n) is 12.8. The van der Waals surface area contributed by atoms with E-state index in [9.17, 15) is 9.59 Å². The maximum absolute atomic E-state index is 12.3. The van der Waals surface area contributed by atoms with Gasteiger partial charge in [0.15, 0.2) is 0 Å². The molecule has 0 heterocycles. The number of methoxy groups -OCH3 is 1. The van der Waals surface area contributed by atoms with Gasteiger partial charge < -0.3 is 15.4 Å². The van der Waals surface area contributed by atoms with Crippen molar-refractivity contribution in [2.75, 3.05) is 20.2 Å². The van der Waals surface area contributed by atoms with Crippen LogP contribution < -0.4 is 5.73 Å². The van der Waals surface area contributed by atoms with Crippen LogP contribution in [0.1, 0.15) is 40.5 Å². The van der Waals surface area contributed by atoms with Crippen LogP contribution in [0.15, 0.2) is 0 Å². The van der Waals surface area contributed by atoms with Gasteiger partial charge in [-0.2, -0.15) is 0 Å². The number of rotatable bonds is 8. The Bertz CT molecular complexity index is 290. The zero-order valence-corrected chi connectivity index (χ0v) is 12.8. The van der Waals surface area contributed by atoms with E-state index >= 15 is 0 Å². The summed E-state index contributed by atoms with van der Waals surface area (Å²) < 4.78 is 4.60. The second-order valence-electron chi connectivity index (χ2n) is 5.74. The minimum absolute atomic E-state index is 0.0775. The van der Waals surface area contributed by atoms with Crippen LogP contribution in [-0.4, -0.2) is 43.0 Å². The van der Waals surface area contributed by atoms with E-state index in [1.54, 1.807) is 4.90 Å². The molecule has 0 spiro atoms. The first-order valence-corrected chi connectivity index (χ1v) is 6.89. The van der Waals surface area contributed by atoms with E-state index in [1.807, 2.05) is 27.7 Å². The molecule has 0 aliphatic heterocycles. The number of hydrogen-bond acceptors (Lipinski definition) is 4. The summed E-state index contributed by atoms with van der Waals surface area (Å²) in [6, 6.07) is -0.489. The molecule has 0 aromatic heterocycles. The minimum Gasteiger partial charge on any atom is -0.469 e. The lowest BCUT2D eigenvalue weighted by molar-refractivity contribution is -0.142. The maximum atomic E-state index is 12.3. The van der Waals surface area contributed by atoms with Gasteiger partial charge in [0, 0.05) is 13.1 Å². The van der Waals surface area contributed by atoms with Crippen molar-refractivity contribution in [2.45, 2.75) is 46.6 Å². The van der Waals surface area contributed by atoms with Gasteiger partial charge in [0.2, 0.25) is 5.91 Å². The quantitative estimate of drug-likeness (QED) is 0.678. The molecule has 0 aliphatic carbocycles. The molecule has 0 saturated carbocycles. The van der Waals surface area contributed by atoms with E-state index in [1.165, 1.54) is 7.11 Å². The van der Waals surface area contributed by atoms with Crippen LogP contribution in [0.2, 0.25) is 0 Å². The lowest BCUT2D eigenvalue weighted by Gasteiger charge is -2.27. The summed E-state index contributed by atoms with van der Waals surface area (Å²) in [5.74, 6) is 0.332. The number of nitrogens with zero attached hydrogens (tertiary/aromatic N) is 1. The van der Waals surface area contributed by atoms with Crippen LogP contribution in [0.25, 0.3) is 0 Å². The molecular formula is C14H28N2O3. The molecule has 0 saturated heterocycles. The Morgan fingerprint density at radius 3 is 2.16 bits per heavy atom. The van der Waals surface area contributed by atoms with Gasteiger partial charge in [-0.05, 0) is 18.3 Å². The lowest BCUT2D eigenvalue weighted by Crippen LogP contribution is -2.46. The molecule has 0 rings (SSSR count). The van der Waals surface area contributed by atoms with Crippen molar-refractivity contribution >= 4 is 11.9 Å². The molecule has 1 unspecified atom stereocenters. The average Bonchev–Trinajstić information content (AvgIpc) is 2.31. The minimum atomic E-state index is -0.489. The molecule has 0 bridgehead atoms. The van der Waals surface area contributed by atoms with E-state index < -0.39 is 6.04 Å². The summed E-state index contributed by atoms with van der Waals surface area (Å²) in [7, 11) is 1.35. The Morgan fingerprint density at radius 1 is 1.16 bits per heavy atom. The predicted octanol–water partition coefficient (Wildman–Crippen LogP) is 1.41. The third kappa shape index (κ3) is 7.82. The molecule has 0 fully saturated rings. The van der Waals surface area contributed by atoms with Crippen molar-refractivity contribution in [1.82, 2.24) is 4.90 Å². The molecule has 2 N–H and O–H groups in total. The van der Waals surface area contributed by atoms with Gasteiger partial charge in [0.1, 0.15) is 0 Å². The lowest BCUT2D eigenvalue weighted by atomic mass is 10.0. The topological polar surface area (TPSA) is 72.6 Å². The highest BCUT2D eigenvalue weighted by Crippen LogP contribution is 2.09. The third-order valence-electron chi connectivity index (χ3n) is 2.75. The van der Waals surface area contributed by atoms with Gasteiger partial charge in [-0.25, -0.2) is 0 Å². The summed E-state index contributed by atoms with van der Waals surface area (Å²) in [6.45, 7) is 9.12. The molecule has 5 nitrogen and oxygen atoms in total. The number of nitrogens with two attached hydrogens (primary N) is 1. The maximum Gasteiger partial charge on any atom is 0.307 e. The van der Waals surface area contributed by atoms with Crippen molar-refractivity contribution in [3.63, 3.8) is 0 Å². The van der Waals surface area contributed by atoms with Crippen LogP contribution >= 0.6 is 0 Å². The van der Waals surface area contributed by atoms with Gasteiger partial charge in [0.25, 0.3) is 0 Å². The van der Waals surface area contributed by atoms with Crippen molar-refractivity contribution in [3.05, 3.63) is 0 Å². The first-order chi connectivity index (χ1) is 8.77. The number of ether oxygens (including phenoxy) is 1. The fraction of sp³-hybridized carbons (Fsp3) is 0.857. The Kier molecular flexibility index (Phi) is 8.39. The smallest absolute Gasteiger partial charge is 0.307 e. The van der Waals surface area contributed by atoms with Crippen LogP contribution in [-0.2, 0) is 14.3 Å². The molecule has 112 valence electrons. The second-order valence-corrected chi connectivity index (χ2v) is 5.74. The number of amides is 1. The molecular weight excluding hydrogens is 244 g/mol. The Morgan fingerprint density at radius 2 is 1.74 bits per heavy atom. The standard InChI is InChI=1S/C14H28N2O3/c1-10(2)8-12(15)14(18)16(9-11(3)4)7-6-13(17)19-5/h10-12H,6-9,15H2,1-5H3. The van der Waals surface area contributed by atoms with E-state index in [0.29, 0.717) is 31.3 Å². The highest BCUT2D eigenvalue weighted by atomic mass is 16.5. The molecule has 0 aliphatic rings. The van der Waals surface area contributed by atoms with Crippen LogP contribution in [0.4, 0.5) is 0 Å². The summed E-state index contributed by atoms with van der Waals surface area (Å²) >= 11 is 0. The zero-order chi connectivity index (χ0) is 15.0. The second kappa shape index (κ2) is 8.91. The van der Waals surface area contributed by atoms with Gasteiger partial charge in [-0.15, -0.1) is 0 Å². The Hall–Kier alpha value is -1.10. The fourth-order valence-corrected chi connectivity index (χ4v) is 1.90. The summed E-state index contributed by atoms with van der Waals surface area (Å²) in [4.78, 5) is 25.1. The Labute approximate surface area is 116 Å². The van der Waals surface area contributed by atoms with Crippen LogP contribution in [0, 0.1) is 11.8 Å². The molecule has 5 heteroatoms. The predicted molar refractivity (Wildman–Crippen MR) is 75.5 cm³/mol. The summed E-state index contributed by atoms with van der Waals surface area (Å²) in [6.07, 6.45) is 0.870. The van der Waals surface area contributed by atoms with Crippen LogP contribution in [0.3, 0.4) is 0 Å². The van der Waals surface area contributed by atoms with E-state index in [0.717, 1.165) is 0 Å². The highest BCUT2D eigenvalue weighted by Gasteiger charge is 2.23. The third-order valence-corrected chi connectivity index (χ3v) is 2.75. The molecule has 0 radical (unpaired) electrons.